The first-order valence-corrected chi connectivity index (χ1v) is 11.6. The van der Waals surface area contributed by atoms with E-state index in [1.54, 1.807) is 17.0 Å². The molecule has 0 spiro atoms. The predicted molar refractivity (Wildman–Crippen MR) is 126 cm³/mol. The summed E-state index contributed by atoms with van der Waals surface area (Å²) in [5, 5.41) is 0. The fraction of sp³-hybridized carbons (Fsp3) is 0.286. The topological polar surface area (TPSA) is 46.6 Å². The molecule has 34 heavy (non-hydrogen) atoms. The zero-order chi connectivity index (χ0) is 24.1. The molecular weight excluding hydrogens is 436 g/mol. The molecule has 6 heteroatoms. The highest BCUT2D eigenvalue weighted by molar-refractivity contribution is 5.97. The average molecular weight is 464 g/mol. The largest absolute Gasteiger partial charge is 0.494 e. The van der Waals surface area contributed by atoms with Crippen molar-refractivity contribution in [3.05, 3.63) is 101 Å². The van der Waals surface area contributed by atoms with Crippen LogP contribution in [0.3, 0.4) is 0 Å². The third-order valence-electron chi connectivity index (χ3n) is 6.16. The summed E-state index contributed by atoms with van der Waals surface area (Å²) in [6.45, 7) is 2.99. The Hall–Kier alpha value is -3.54. The van der Waals surface area contributed by atoms with E-state index in [0.717, 1.165) is 29.7 Å². The summed E-state index contributed by atoms with van der Waals surface area (Å²) in [6.07, 6.45) is 2.15. The van der Waals surface area contributed by atoms with Crippen LogP contribution in [0.5, 0.6) is 5.75 Å². The quantitative estimate of drug-likeness (QED) is 0.208. The van der Waals surface area contributed by atoms with E-state index in [1.807, 2.05) is 24.3 Å². The van der Waals surface area contributed by atoms with Crippen LogP contribution in [0.4, 0.5) is 8.78 Å². The van der Waals surface area contributed by atoms with Gasteiger partial charge in [-0.2, -0.15) is 0 Å². The molecule has 176 valence electrons. The number of ketones is 1. The van der Waals surface area contributed by atoms with Gasteiger partial charge in [0.2, 0.25) is 5.91 Å². The van der Waals surface area contributed by atoms with Gasteiger partial charge in [0.1, 0.15) is 17.4 Å². The van der Waals surface area contributed by atoms with Crippen molar-refractivity contribution in [3.63, 3.8) is 0 Å². The summed E-state index contributed by atoms with van der Waals surface area (Å²) in [4.78, 5) is 27.4. The number of hydrogen-bond acceptors (Lipinski definition) is 3. The van der Waals surface area contributed by atoms with Crippen LogP contribution in [-0.4, -0.2) is 29.7 Å². The maximum Gasteiger partial charge on any atom is 0.233 e. The molecule has 4 nitrogen and oxygen atoms in total. The van der Waals surface area contributed by atoms with Crippen molar-refractivity contribution < 1.29 is 23.1 Å². The van der Waals surface area contributed by atoms with Crippen molar-refractivity contribution >= 4 is 11.7 Å². The Morgan fingerprint density at radius 2 is 1.47 bits per heavy atom. The summed E-state index contributed by atoms with van der Waals surface area (Å²) >= 11 is 0. The number of ether oxygens (including phenoxy) is 1. The van der Waals surface area contributed by atoms with Crippen LogP contribution in [0.2, 0.25) is 0 Å². The summed E-state index contributed by atoms with van der Waals surface area (Å²) in [5.41, 5.74) is 2.07. The first-order valence-electron chi connectivity index (χ1n) is 11.6. The molecule has 2 unspecified atom stereocenters. The van der Waals surface area contributed by atoms with Crippen LogP contribution in [0.15, 0.2) is 72.8 Å². The van der Waals surface area contributed by atoms with E-state index in [0.29, 0.717) is 12.2 Å². The molecule has 3 aromatic carbocycles. The molecule has 3 aromatic rings. The van der Waals surface area contributed by atoms with E-state index < -0.39 is 11.7 Å². The summed E-state index contributed by atoms with van der Waals surface area (Å²) in [6, 6.07) is 18.7. The third kappa shape index (κ3) is 5.16. The van der Waals surface area contributed by atoms with E-state index in [9.17, 15) is 18.4 Å². The molecule has 0 saturated carbocycles. The van der Waals surface area contributed by atoms with Gasteiger partial charge in [0, 0.05) is 18.5 Å². The molecule has 1 saturated heterocycles. The number of amides is 1. The van der Waals surface area contributed by atoms with Gasteiger partial charge in [0.15, 0.2) is 5.78 Å². The second kappa shape index (κ2) is 10.6. The fourth-order valence-corrected chi connectivity index (χ4v) is 4.26. The molecule has 2 atom stereocenters. The number of benzene rings is 3. The zero-order valence-corrected chi connectivity index (χ0v) is 19.0. The number of unbranched alkanes of at least 4 members (excludes halogenated alkanes) is 1. The maximum absolute atomic E-state index is 13.5. The molecule has 0 N–H and O–H groups in total. The van der Waals surface area contributed by atoms with Crippen molar-refractivity contribution in [1.82, 2.24) is 4.90 Å². The van der Waals surface area contributed by atoms with Gasteiger partial charge in [-0.15, -0.1) is 0 Å². The highest BCUT2D eigenvalue weighted by Crippen LogP contribution is 2.46. The SMILES string of the molecule is CCCCOc1ccc(C2C(c3ccc(F)cc3)C(=O)N2CCC(=O)c2ccc(F)cc2)cc1. The van der Waals surface area contributed by atoms with Crippen molar-refractivity contribution in [1.29, 1.82) is 0 Å². The monoisotopic (exact) mass is 463 g/mol. The number of β-lactam (4-membered cyclic amide) rings is 1. The van der Waals surface area contributed by atoms with E-state index >= 15 is 0 Å². The number of likely N-dealkylation sites (tertiary alicyclic amines) is 1. The first-order chi connectivity index (χ1) is 16.5. The lowest BCUT2D eigenvalue weighted by Crippen LogP contribution is -2.53. The molecule has 0 radical (unpaired) electrons. The summed E-state index contributed by atoms with van der Waals surface area (Å²) in [5.74, 6) is -0.711. The minimum Gasteiger partial charge on any atom is -0.494 e. The molecule has 1 fully saturated rings. The van der Waals surface area contributed by atoms with Gasteiger partial charge in [0.25, 0.3) is 0 Å². The predicted octanol–water partition coefficient (Wildman–Crippen LogP) is 6.08. The number of hydrogen-bond donors (Lipinski definition) is 0. The number of Topliss-reactive ketones (excluding diaryl/α,β-unsaturated/α-hetero) is 1. The second-order valence-corrected chi connectivity index (χ2v) is 8.46. The lowest BCUT2D eigenvalue weighted by Gasteiger charge is -2.48. The van der Waals surface area contributed by atoms with Crippen LogP contribution in [0.1, 0.15) is 59.6 Å². The molecule has 4 rings (SSSR count). The van der Waals surface area contributed by atoms with Gasteiger partial charge in [0.05, 0.1) is 18.6 Å². The number of carbonyl (C=O) groups is 2. The minimum atomic E-state index is -0.451. The van der Waals surface area contributed by atoms with Crippen LogP contribution in [0, 0.1) is 11.6 Å². The van der Waals surface area contributed by atoms with Crippen LogP contribution < -0.4 is 4.74 Å². The summed E-state index contributed by atoms with van der Waals surface area (Å²) < 4.78 is 32.4. The minimum absolute atomic E-state index is 0.105. The van der Waals surface area contributed by atoms with E-state index in [1.165, 1.54) is 36.4 Å². The number of rotatable bonds is 10. The van der Waals surface area contributed by atoms with Crippen LogP contribution in [0.25, 0.3) is 0 Å². The van der Waals surface area contributed by atoms with E-state index in [4.69, 9.17) is 4.74 Å². The Kier molecular flexibility index (Phi) is 7.36. The highest BCUT2D eigenvalue weighted by atomic mass is 19.1. The van der Waals surface area contributed by atoms with Crippen LogP contribution in [-0.2, 0) is 4.79 Å². The lowest BCUT2D eigenvalue weighted by atomic mass is 9.77. The molecule has 0 aromatic heterocycles. The molecule has 0 aliphatic carbocycles. The lowest BCUT2D eigenvalue weighted by molar-refractivity contribution is -0.150. The molecule has 0 bridgehead atoms. The molecule has 1 heterocycles. The number of halogens is 2. The Balaban J connectivity index is 1.52. The van der Waals surface area contributed by atoms with E-state index in [2.05, 4.69) is 6.92 Å². The molecular formula is C28H27F2NO3. The smallest absolute Gasteiger partial charge is 0.233 e. The van der Waals surface area contributed by atoms with Crippen molar-refractivity contribution in [3.8, 4) is 5.75 Å². The molecule has 1 aliphatic rings. The van der Waals surface area contributed by atoms with E-state index in [-0.39, 0.29) is 36.5 Å². The van der Waals surface area contributed by atoms with Crippen LogP contribution >= 0.6 is 0 Å². The van der Waals surface area contributed by atoms with Crippen molar-refractivity contribution in [2.75, 3.05) is 13.2 Å². The third-order valence-corrected chi connectivity index (χ3v) is 6.16. The maximum atomic E-state index is 13.5. The van der Waals surface area contributed by atoms with Crippen molar-refractivity contribution in [2.24, 2.45) is 0 Å². The Bertz CT molecular complexity index is 1130. The van der Waals surface area contributed by atoms with Gasteiger partial charge in [-0.05, 0) is 66.1 Å². The molecule has 1 amide bonds. The van der Waals surface area contributed by atoms with Crippen molar-refractivity contribution in [2.45, 2.75) is 38.1 Å². The van der Waals surface area contributed by atoms with Gasteiger partial charge < -0.3 is 9.64 Å². The Labute approximate surface area is 198 Å². The summed E-state index contributed by atoms with van der Waals surface area (Å²) in [7, 11) is 0. The van der Waals surface area contributed by atoms with Gasteiger partial charge in [-0.3, -0.25) is 9.59 Å². The number of nitrogens with zero attached hydrogens (tertiary/aromatic N) is 1. The fourth-order valence-electron chi connectivity index (χ4n) is 4.26. The number of carbonyl (C=O) groups excluding carboxylic acids is 2. The normalized spacial score (nSPS) is 17.4. The average Bonchev–Trinajstić information content (AvgIpc) is 2.85. The molecule has 1 aliphatic heterocycles. The van der Waals surface area contributed by atoms with Gasteiger partial charge in [-0.1, -0.05) is 37.6 Å². The zero-order valence-electron chi connectivity index (χ0n) is 19.0. The second-order valence-electron chi connectivity index (χ2n) is 8.46. The van der Waals surface area contributed by atoms with Gasteiger partial charge in [-0.25, -0.2) is 8.78 Å². The Morgan fingerprint density at radius 3 is 2.09 bits per heavy atom. The highest BCUT2D eigenvalue weighted by Gasteiger charge is 2.48. The van der Waals surface area contributed by atoms with Gasteiger partial charge >= 0.3 is 0 Å². The first kappa shape index (κ1) is 23.6. The Morgan fingerprint density at radius 1 is 0.882 bits per heavy atom. The standard InChI is InChI=1S/C28H27F2NO3/c1-2-3-18-34-24-14-8-21(9-15-24)27-26(20-6-12-23(30)13-7-20)28(33)31(27)17-16-25(32)19-4-10-22(29)11-5-19/h4-15,26-27H,2-3,16-18H2,1H3.